The van der Waals surface area contributed by atoms with Crippen LogP contribution in [0.1, 0.15) is 19.4 Å². The van der Waals surface area contributed by atoms with Crippen LogP contribution >= 0.6 is 0 Å². The van der Waals surface area contributed by atoms with E-state index in [4.69, 9.17) is 9.72 Å². The summed E-state index contributed by atoms with van der Waals surface area (Å²) < 4.78 is 5.23. The van der Waals surface area contributed by atoms with Gasteiger partial charge in [0.05, 0.1) is 16.7 Å². The van der Waals surface area contributed by atoms with Gasteiger partial charge in [-0.1, -0.05) is 48.5 Å². The van der Waals surface area contributed by atoms with E-state index in [1.807, 2.05) is 74.5 Å². The van der Waals surface area contributed by atoms with Crippen LogP contribution in [0.5, 0.6) is 0 Å². The highest BCUT2D eigenvalue weighted by Gasteiger charge is 2.09. The molecular formula is C24H23N3O2. The molecule has 0 aliphatic carbocycles. The molecule has 1 aromatic heterocycles. The molecule has 0 saturated carbocycles. The monoisotopic (exact) mass is 385 g/mol. The van der Waals surface area contributed by atoms with Crippen LogP contribution < -0.4 is 10.6 Å². The average molecular weight is 385 g/mol. The van der Waals surface area contributed by atoms with Gasteiger partial charge in [-0.25, -0.2) is 9.78 Å². The maximum Gasteiger partial charge on any atom is 0.407 e. The molecule has 0 aliphatic rings. The maximum absolute atomic E-state index is 11.6. The van der Waals surface area contributed by atoms with Crippen LogP contribution in [-0.4, -0.2) is 17.1 Å². The van der Waals surface area contributed by atoms with E-state index in [9.17, 15) is 4.79 Å². The molecule has 4 rings (SSSR count). The number of nitrogens with zero attached hydrogens (tertiary/aromatic N) is 1. The molecule has 0 bridgehead atoms. The zero-order chi connectivity index (χ0) is 20.2. The molecule has 5 nitrogen and oxygen atoms in total. The van der Waals surface area contributed by atoms with Gasteiger partial charge in [0.1, 0.15) is 6.61 Å². The summed E-state index contributed by atoms with van der Waals surface area (Å²) in [6.07, 6.45) is -0.406. The Morgan fingerprint density at radius 3 is 2.07 bits per heavy atom. The molecule has 3 aromatic carbocycles. The van der Waals surface area contributed by atoms with Crippen LogP contribution in [0.2, 0.25) is 0 Å². The van der Waals surface area contributed by atoms with E-state index in [0.717, 1.165) is 38.7 Å². The van der Waals surface area contributed by atoms with Gasteiger partial charge in [0.25, 0.3) is 0 Å². The minimum Gasteiger partial charge on any atom is -0.445 e. The van der Waals surface area contributed by atoms with Crippen molar-refractivity contribution in [3.05, 3.63) is 78.4 Å². The van der Waals surface area contributed by atoms with E-state index in [2.05, 4.69) is 22.8 Å². The minimum absolute atomic E-state index is 0.0547. The normalized spacial score (nSPS) is 11.0. The molecule has 0 spiro atoms. The fourth-order valence-electron chi connectivity index (χ4n) is 3.23. The second kappa shape index (κ2) is 8.19. The number of rotatable bonds is 5. The van der Waals surface area contributed by atoms with Crippen molar-refractivity contribution in [3.8, 4) is 0 Å². The molecule has 146 valence electrons. The van der Waals surface area contributed by atoms with Crippen molar-refractivity contribution in [3.63, 3.8) is 0 Å². The van der Waals surface area contributed by atoms with Gasteiger partial charge in [-0.2, -0.15) is 0 Å². The third kappa shape index (κ3) is 4.29. The molecule has 1 heterocycles. The zero-order valence-corrected chi connectivity index (χ0v) is 16.5. The van der Waals surface area contributed by atoms with Gasteiger partial charge >= 0.3 is 6.09 Å². The van der Waals surface area contributed by atoms with Crippen LogP contribution in [0.4, 0.5) is 16.2 Å². The number of hydrogen-bond acceptors (Lipinski definition) is 4. The highest BCUT2D eigenvalue weighted by molar-refractivity contribution is 6.08. The molecule has 4 aromatic rings. The fraction of sp³-hybridized carbons (Fsp3) is 0.167. The quantitative estimate of drug-likeness (QED) is 0.428. The van der Waals surface area contributed by atoms with E-state index >= 15 is 0 Å². The number of carbonyl (C=O) groups excluding carboxylic acids is 1. The van der Waals surface area contributed by atoms with Gasteiger partial charge in [0.2, 0.25) is 0 Å². The Hall–Kier alpha value is -3.60. The number of para-hydroxylation sites is 2. The Kier molecular flexibility index (Phi) is 5.29. The van der Waals surface area contributed by atoms with E-state index in [0.29, 0.717) is 0 Å². The molecule has 0 saturated heterocycles. The van der Waals surface area contributed by atoms with E-state index < -0.39 is 6.09 Å². The van der Waals surface area contributed by atoms with E-state index in [1.54, 1.807) is 0 Å². The average Bonchev–Trinajstić information content (AvgIpc) is 2.72. The minimum atomic E-state index is -0.406. The van der Waals surface area contributed by atoms with Crippen molar-refractivity contribution in [2.75, 3.05) is 5.32 Å². The molecule has 2 N–H and O–H groups in total. The predicted molar refractivity (Wildman–Crippen MR) is 117 cm³/mol. The first-order chi connectivity index (χ1) is 14.1. The summed E-state index contributed by atoms with van der Waals surface area (Å²) >= 11 is 0. The molecular weight excluding hydrogens is 362 g/mol. The summed E-state index contributed by atoms with van der Waals surface area (Å²) in [7, 11) is 0. The number of amides is 1. The summed E-state index contributed by atoms with van der Waals surface area (Å²) in [4.78, 5) is 16.4. The smallest absolute Gasteiger partial charge is 0.407 e. The lowest BCUT2D eigenvalue weighted by molar-refractivity contribution is 0.137. The number of pyridine rings is 1. The largest absolute Gasteiger partial charge is 0.445 e. The summed E-state index contributed by atoms with van der Waals surface area (Å²) in [5.74, 6) is 0. The van der Waals surface area contributed by atoms with Crippen LogP contribution in [0.3, 0.4) is 0 Å². The van der Waals surface area contributed by atoms with Gasteiger partial charge in [-0.3, -0.25) is 0 Å². The Morgan fingerprint density at radius 2 is 1.48 bits per heavy atom. The second-order valence-corrected chi connectivity index (χ2v) is 7.22. The molecule has 0 aliphatic heterocycles. The number of hydrogen-bond donors (Lipinski definition) is 2. The molecule has 0 unspecified atom stereocenters. The number of carbonyl (C=O) groups is 1. The first-order valence-corrected chi connectivity index (χ1v) is 9.67. The summed E-state index contributed by atoms with van der Waals surface area (Å²) in [5.41, 5.74) is 4.83. The first-order valence-electron chi connectivity index (χ1n) is 9.67. The van der Waals surface area contributed by atoms with Gasteiger partial charge in [0, 0.05) is 22.5 Å². The number of aromatic nitrogens is 1. The maximum atomic E-state index is 11.6. The SMILES string of the molecule is CC(C)NC(=O)OCc1ccc(Nc2c3ccccc3nc3ccccc23)cc1. The van der Waals surface area contributed by atoms with Gasteiger partial charge < -0.3 is 15.4 Å². The summed E-state index contributed by atoms with van der Waals surface area (Å²) in [5, 5.41) is 8.41. The lowest BCUT2D eigenvalue weighted by Gasteiger charge is -2.14. The lowest BCUT2D eigenvalue weighted by atomic mass is 10.1. The van der Waals surface area contributed by atoms with Crippen LogP contribution in [0.15, 0.2) is 72.8 Å². The van der Waals surface area contributed by atoms with Crippen molar-refractivity contribution in [1.82, 2.24) is 10.3 Å². The molecule has 0 radical (unpaired) electrons. The highest BCUT2D eigenvalue weighted by atomic mass is 16.5. The predicted octanol–water partition coefficient (Wildman–Crippen LogP) is 5.77. The molecule has 0 fully saturated rings. The van der Waals surface area contributed by atoms with Crippen molar-refractivity contribution >= 4 is 39.3 Å². The van der Waals surface area contributed by atoms with Crippen LogP contribution in [-0.2, 0) is 11.3 Å². The fourth-order valence-corrected chi connectivity index (χ4v) is 3.23. The third-order valence-electron chi connectivity index (χ3n) is 4.59. The first kappa shape index (κ1) is 18.7. The van der Waals surface area contributed by atoms with Crippen molar-refractivity contribution in [1.29, 1.82) is 0 Å². The molecule has 1 amide bonds. The van der Waals surface area contributed by atoms with E-state index in [1.165, 1.54) is 0 Å². The van der Waals surface area contributed by atoms with Gasteiger partial charge in [-0.05, 0) is 43.7 Å². The number of benzene rings is 3. The molecule has 0 atom stereocenters. The summed E-state index contributed by atoms with van der Waals surface area (Å²) in [6.45, 7) is 4.03. The zero-order valence-electron chi connectivity index (χ0n) is 16.5. The lowest BCUT2D eigenvalue weighted by Crippen LogP contribution is -2.30. The topological polar surface area (TPSA) is 63.2 Å². The Labute approximate surface area is 169 Å². The third-order valence-corrected chi connectivity index (χ3v) is 4.59. The van der Waals surface area contributed by atoms with Crippen LogP contribution in [0, 0.1) is 0 Å². The van der Waals surface area contributed by atoms with Crippen molar-refractivity contribution < 1.29 is 9.53 Å². The van der Waals surface area contributed by atoms with E-state index in [-0.39, 0.29) is 12.6 Å². The standard InChI is InChI=1S/C24H23N3O2/c1-16(2)25-24(28)29-15-17-11-13-18(14-12-17)26-23-19-7-3-5-9-21(19)27-22-10-6-4-8-20(22)23/h3-14,16H,15H2,1-2H3,(H,25,28)(H,26,27). The second-order valence-electron chi connectivity index (χ2n) is 7.22. The number of alkyl carbamates (subject to hydrolysis) is 1. The Balaban J connectivity index is 1.57. The van der Waals surface area contributed by atoms with Crippen LogP contribution in [0.25, 0.3) is 21.8 Å². The Bertz CT molecular complexity index is 1100. The molecule has 5 heteroatoms. The van der Waals surface area contributed by atoms with Crippen molar-refractivity contribution in [2.24, 2.45) is 0 Å². The number of ether oxygens (including phenoxy) is 1. The molecule has 29 heavy (non-hydrogen) atoms. The Morgan fingerprint density at radius 1 is 0.897 bits per heavy atom. The number of anilines is 2. The summed E-state index contributed by atoms with van der Waals surface area (Å²) in [6, 6.07) is 24.2. The van der Waals surface area contributed by atoms with Crippen molar-refractivity contribution in [2.45, 2.75) is 26.5 Å². The number of fused-ring (bicyclic) bond motifs is 2. The van der Waals surface area contributed by atoms with Gasteiger partial charge in [0.15, 0.2) is 0 Å². The number of nitrogens with one attached hydrogen (secondary N) is 2. The van der Waals surface area contributed by atoms with Gasteiger partial charge in [-0.15, -0.1) is 0 Å². The highest BCUT2D eigenvalue weighted by Crippen LogP contribution is 2.32.